The summed E-state index contributed by atoms with van der Waals surface area (Å²) in [6.45, 7) is 5.02. The number of amides is 1. The molecule has 0 spiro atoms. The molecule has 0 bridgehead atoms. The Labute approximate surface area is 134 Å². The van der Waals surface area contributed by atoms with Crippen LogP contribution in [0.3, 0.4) is 0 Å². The third-order valence-corrected chi connectivity index (χ3v) is 4.72. The van der Waals surface area contributed by atoms with Gasteiger partial charge >= 0.3 is 0 Å². The van der Waals surface area contributed by atoms with E-state index in [1.54, 1.807) is 11.1 Å². The van der Waals surface area contributed by atoms with Crippen LogP contribution in [-0.4, -0.2) is 50.4 Å². The van der Waals surface area contributed by atoms with Crippen molar-refractivity contribution in [2.24, 2.45) is 0 Å². The van der Waals surface area contributed by atoms with E-state index in [1.807, 2.05) is 10.8 Å². The maximum Gasteiger partial charge on any atom is 0.233 e. The molecule has 0 aliphatic carbocycles. The topological polar surface area (TPSA) is 58.4 Å². The molecule has 116 valence electrons. The average molecular weight is 317 g/mol. The summed E-state index contributed by atoms with van der Waals surface area (Å²) in [6, 6.07) is 6.29. The predicted molar refractivity (Wildman–Crippen MR) is 86.3 cm³/mol. The van der Waals surface area contributed by atoms with Crippen molar-refractivity contribution in [1.82, 2.24) is 14.5 Å². The lowest BCUT2D eigenvalue weighted by molar-refractivity contribution is -0.138. The number of carbonyl (C=O) groups excluding carboxylic acids is 1. The van der Waals surface area contributed by atoms with Crippen molar-refractivity contribution < 1.29 is 9.90 Å². The van der Waals surface area contributed by atoms with Gasteiger partial charge in [-0.25, -0.2) is 4.98 Å². The van der Waals surface area contributed by atoms with Crippen molar-refractivity contribution >= 4 is 17.7 Å². The predicted octanol–water partition coefficient (Wildman–Crippen LogP) is 1.78. The molecule has 6 heteroatoms. The van der Waals surface area contributed by atoms with Crippen molar-refractivity contribution in [3.63, 3.8) is 0 Å². The highest BCUT2D eigenvalue weighted by atomic mass is 32.2. The summed E-state index contributed by atoms with van der Waals surface area (Å²) in [5.74, 6) is 0.389. The maximum atomic E-state index is 12.0. The number of hydrogen-bond acceptors (Lipinski definition) is 4. The molecule has 2 aromatic rings. The highest BCUT2D eigenvalue weighted by molar-refractivity contribution is 7.99. The Hall–Kier alpha value is -1.79. The Balaban J connectivity index is 1.72. The second-order valence-electron chi connectivity index (χ2n) is 5.61. The normalized spacial score (nSPS) is 15.0. The Kier molecular flexibility index (Phi) is 4.22. The first-order valence-corrected chi connectivity index (χ1v) is 8.23. The van der Waals surface area contributed by atoms with Gasteiger partial charge in [-0.1, -0.05) is 23.9 Å². The minimum absolute atomic E-state index is 0.0471. The van der Waals surface area contributed by atoms with Crippen LogP contribution in [-0.2, 0) is 4.79 Å². The molecule has 1 aromatic heterocycles. The summed E-state index contributed by atoms with van der Waals surface area (Å²) < 4.78 is 2.02. The number of benzene rings is 1. The lowest BCUT2D eigenvalue weighted by atomic mass is 10.1. The molecule has 2 heterocycles. The third kappa shape index (κ3) is 3.03. The Morgan fingerprint density at radius 1 is 1.41 bits per heavy atom. The van der Waals surface area contributed by atoms with E-state index in [0.29, 0.717) is 18.8 Å². The van der Waals surface area contributed by atoms with E-state index in [4.69, 9.17) is 0 Å². The molecular formula is C16H19N3O2S. The van der Waals surface area contributed by atoms with Gasteiger partial charge in [-0.15, -0.1) is 0 Å². The van der Waals surface area contributed by atoms with Gasteiger partial charge in [0.05, 0.1) is 17.5 Å². The third-order valence-electron chi connectivity index (χ3n) is 3.77. The van der Waals surface area contributed by atoms with Gasteiger partial charge in [-0.3, -0.25) is 9.36 Å². The summed E-state index contributed by atoms with van der Waals surface area (Å²) in [5, 5.41) is 10.1. The van der Waals surface area contributed by atoms with Crippen LogP contribution in [0.2, 0.25) is 0 Å². The quantitative estimate of drug-likeness (QED) is 0.874. The second kappa shape index (κ2) is 6.14. The van der Waals surface area contributed by atoms with E-state index in [1.165, 1.54) is 22.9 Å². The zero-order valence-electron chi connectivity index (χ0n) is 12.7. The number of likely N-dealkylation sites (tertiary alicyclic amines) is 1. The van der Waals surface area contributed by atoms with Gasteiger partial charge < -0.3 is 10.0 Å². The highest BCUT2D eigenvalue weighted by Crippen LogP contribution is 2.24. The van der Waals surface area contributed by atoms with Crippen molar-refractivity contribution in [3.8, 4) is 5.69 Å². The van der Waals surface area contributed by atoms with Crippen LogP contribution in [0, 0.1) is 13.8 Å². The zero-order chi connectivity index (χ0) is 15.7. The van der Waals surface area contributed by atoms with Crippen molar-refractivity contribution in [2.75, 3.05) is 18.8 Å². The molecule has 0 atom stereocenters. The fraction of sp³-hybridized carbons (Fsp3) is 0.375. The number of aromatic nitrogens is 2. The second-order valence-corrected chi connectivity index (χ2v) is 6.55. The first-order valence-electron chi connectivity index (χ1n) is 7.24. The number of carbonyl (C=O) groups is 1. The monoisotopic (exact) mass is 317 g/mol. The van der Waals surface area contributed by atoms with Crippen LogP contribution in [0.15, 0.2) is 35.7 Å². The smallest absolute Gasteiger partial charge is 0.233 e. The van der Waals surface area contributed by atoms with Gasteiger partial charge in [0.15, 0.2) is 5.16 Å². The van der Waals surface area contributed by atoms with Gasteiger partial charge in [0.2, 0.25) is 5.91 Å². The fourth-order valence-corrected chi connectivity index (χ4v) is 3.30. The van der Waals surface area contributed by atoms with Gasteiger partial charge in [-0.2, -0.15) is 0 Å². The van der Waals surface area contributed by atoms with E-state index >= 15 is 0 Å². The van der Waals surface area contributed by atoms with Crippen molar-refractivity contribution in [3.05, 3.63) is 41.7 Å². The molecule has 0 unspecified atom stereocenters. The number of aliphatic hydroxyl groups is 1. The van der Waals surface area contributed by atoms with E-state index in [-0.39, 0.29) is 12.0 Å². The molecule has 0 saturated carbocycles. The molecule has 5 nitrogen and oxygen atoms in total. The molecule has 1 fully saturated rings. The molecule has 1 amide bonds. The molecule has 1 aliphatic heterocycles. The molecule has 0 radical (unpaired) electrons. The highest BCUT2D eigenvalue weighted by Gasteiger charge is 2.28. The molecule has 1 aromatic carbocycles. The van der Waals surface area contributed by atoms with Gasteiger partial charge in [-0.05, 0) is 31.0 Å². The number of aliphatic hydroxyl groups excluding tert-OH is 1. The van der Waals surface area contributed by atoms with Gasteiger partial charge in [0.25, 0.3) is 0 Å². The molecule has 1 saturated heterocycles. The van der Waals surface area contributed by atoms with Crippen LogP contribution >= 0.6 is 11.8 Å². The van der Waals surface area contributed by atoms with Crippen LogP contribution in [0.4, 0.5) is 0 Å². The van der Waals surface area contributed by atoms with Crippen LogP contribution in [0.25, 0.3) is 5.69 Å². The number of rotatable bonds is 4. The number of imidazole rings is 1. The van der Waals surface area contributed by atoms with Crippen LogP contribution in [0.1, 0.15) is 11.1 Å². The number of β-amino-alcohol motifs (C(OH)–C–C–N with tert-alkyl or cyclic N) is 1. The average Bonchev–Trinajstić information content (AvgIpc) is 2.92. The van der Waals surface area contributed by atoms with Gasteiger partial charge in [0, 0.05) is 25.5 Å². The van der Waals surface area contributed by atoms with E-state index in [0.717, 1.165) is 10.8 Å². The number of thioether (sulfide) groups is 1. The number of aryl methyl sites for hydroxylation is 2. The van der Waals surface area contributed by atoms with E-state index in [2.05, 4.69) is 37.0 Å². The van der Waals surface area contributed by atoms with Crippen LogP contribution < -0.4 is 0 Å². The minimum atomic E-state index is -0.356. The van der Waals surface area contributed by atoms with E-state index < -0.39 is 0 Å². The SMILES string of the molecule is Cc1ccc(C)c(-n2ccnc2SCC(=O)N2CC(O)C2)c1. The van der Waals surface area contributed by atoms with Crippen LogP contribution in [0.5, 0.6) is 0 Å². The molecule has 1 aliphatic rings. The Morgan fingerprint density at radius 3 is 2.91 bits per heavy atom. The summed E-state index contributed by atoms with van der Waals surface area (Å²) in [5.41, 5.74) is 3.45. The van der Waals surface area contributed by atoms with E-state index in [9.17, 15) is 9.90 Å². The minimum Gasteiger partial charge on any atom is -0.389 e. The fourth-order valence-electron chi connectivity index (χ4n) is 2.44. The Bertz CT molecular complexity index is 692. The summed E-state index contributed by atoms with van der Waals surface area (Å²) >= 11 is 1.43. The molecule has 22 heavy (non-hydrogen) atoms. The number of hydrogen-bond donors (Lipinski definition) is 1. The van der Waals surface area contributed by atoms with Gasteiger partial charge in [0.1, 0.15) is 0 Å². The molecule has 1 N–H and O–H groups in total. The largest absolute Gasteiger partial charge is 0.389 e. The maximum absolute atomic E-state index is 12.0. The number of nitrogens with zero attached hydrogens (tertiary/aromatic N) is 3. The zero-order valence-corrected chi connectivity index (χ0v) is 13.5. The lowest BCUT2D eigenvalue weighted by Gasteiger charge is -2.35. The Morgan fingerprint density at radius 2 is 2.18 bits per heavy atom. The summed E-state index contributed by atoms with van der Waals surface area (Å²) in [6.07, 6.45) is 3.31. The van der Waals surface area contributed by atoms with Crippen molar-refractivity contribution in [2.45, 2.75) is 25.1 Å². The first-order chi connectivity index (χ1) is 10.5. The molecular weight excluding hydrogens is 298 g/mol. The summed E-state index contributed by atoms with van der Waals surface area (Å²) in [4.78, 5) is 18.0. The standard InChI is InChI=1S/C16H19N3O2S/c1-11-3-4-12(2)14(7-11)19-6-5-17-16(19)22-10-15(21)18-8-13(20)9-18/h3-7,13,20H,8-10H2,1-2H3. The lowest BCUT2D eigenvalue weighted by Crippen LogP contribution is -2.54. The molecule has 3 rings (SSSR count). The summed E-state index contributed by atoms with van der Waals surface area (Å²) in [7, 11) is 0. The first kappa shape index (κ1) is 15.1. The van der Waals surface area contributed by atoms with Crippen molar-refractivity contribution in [1.29, 1.82) is 0 Å².